The van der Waals surface area contributed by atoms with E-state index in [4.69, 9.17) is 23.7 Å². The number of carbonyl (C=O) groups is 5. The summed E-state index contributed by atoms with van der Waals surface area (Å²) in [6.45, 7) is 13.8. The summed E-state index contributed by atoms with van der Waals surface area (Å²) < 4.78 is 29.0. The Kier molecular flexibility index (Phi) is 14.1. The smallest absolute Gasteiger partial charge is 0.312 e. The van der Waals surface area contributed by atoms with Crippen molar-refractivity contribution >= 4 is 34.9 Å². The number of methoxy groups -OCH3 is 2. The number of phenolic OH excluding ortho intramolecular Hbond substituents is 1. The van der Waals surface area contributed by atoms with Crippen molar-refractivity contribution in [2.45, 2.75) is 85.6 Å². The second kappa shape index (κ2) is 19.0. The molecule has 2 aromatic carbocycles. The van der Waals surface area contributed by atoms with E-state index < -0.39 is 94.4 Å². The van der Waals surface area contributed by atoms with Crippen LogP contribution in [0.1, 0.15) is 85.1 Å². The monoisotopic (exact) mass is 885 g/mol. The molecule has 5 aliphatic rings. The number of amides is 1. The number of benzene rings is 2. The molecule has 16 nitrogen and oxygen atoms in total. The molecule has 0 aromatic heterocycles. The van der Waals surface area contributed by atoms with Crippen LogP contribution in [0.2, 0.25) is 0 Å². The average molecular weight is 886 g/mol. The number of nitrogens with one attached hydrogen (secondary N) is 1. The van der Waals surface area contributed by atoms with Gasteiger partial charge in [-0.25, -0.2) is 0 Å². The van der Waals surface area contributed by atoms with Gasteiger partial charge in [0.1, 0.15) is 34.7 Å². The standard InChI is InChI=1S/C48H59N3O13/c1-24-12-11-13-25(2)47(59)49-37-38(51-21-19-50(20-22-51)31-14-16-32(60-9)17-15-31)43(57)34-35(42(37)56)41(55)29(6)45-36(34)46(58)48(8,64-45)62-23-18-33(61-10)26(3)44(63-30(7)52)28(5)40(54)27(4)39(24)53/h11-18,23-24,26-28,33,39-40,44,53-55H,19-22H2,1-10H3,(H,49,59). The molecule has 0 radical (unpaired) electrons. The molecule has 1 saturated heterocycles. The summed E-state index contributed by atoms with van der Waals surface area (Å²) in [6.07, 6.45) is 3.44. The van der Waals surface area contributed by atoms with Gasteiger partial charge in [0.05, 0.1) is 48.4 Å². The molecule has 1 fully saturated rings. The van der Waals surface area contributed by atoms with Gasteiger partial charge in [0.2, 0.25) is 11.6 Å². The highest BCUT2D eigenvalue weighted by atomic mass is 16.7. The molecule has 1 amide bonds. The first-order valence-corrected chi connectivity index (χ1v) is 21.4. The third-order valence-corrected chi connectivity index (χ3v) is 13.0. The minimum atomic E-state index is -2.09. The molecular weight excluding hydrogens is 827 g/mol. The zero-order valence-corrected chi connectivity index (χ0v) is 38.0. The summed E-state index contributed by atoms with van der Waals surface area (Å²) in [7, 11) is 3.01. The molecule has 7 rings (SSSR count). The molecule has 1 aliphatic carbocycles. The Morgan fingerprint density at radius 1 is 0.844 bits per heavy atom. The molecule has 4 aliphatic heterocycles. The zero-order valence-electron chi connectivity index (χ0n) is 38.0. The Hall–Kier alpha value is -5.97. The molecule has 4 heterocycles. The van der Waals surface area contributed by atoms with Crippen LogP contribution in [0.3, 0.4) is 0 Å². The van der Waals surface area contributed by atoms with E-state index in [9.17, 15) is 34.5 Å². The number of aliphatic hydroxyl groups excluding tert-OH is 2. The highest BCUT2D eigenvalue weighted by Crippen LogP contribution is 2.49. The topological polar surface area (TPSA) is 211 Å². The second-order valence-electron chi connectivity index (χ2n) is 17.2. The van der Waals surface area contributed by atoms with Gasteiger partial charge in [-0.1, -0.05) is 45.9 Å². The minimum absolute atomic E-state index is 0.000725. The van der Waals surface area contributed by atoms with E-state index >= 15 is 4.79 Å². The van der Waals surface area contributed by atoms with E-state index in [1.165, 1.54) is 53.2 Å². The Bertz CT molecular complexity index is 2310. The number of rotatable bonds is 5. The van der Waals surface area contributed by atoms with Gasteiger partial charge >= 0.3 is 11.8 Å². The Labute approximate surface area is 373 Å². The normalized spacial score (nSPS) is 29.3. The number of Topliss-reactive ketones (excluding diaryl/α,β-unsaturated/α-hetero) is 3. The number of ether oxygens (including phenoxy) is 5. The molecule has 344 valence electrons. The molecule has 9 unspecified atom stereocenters. The fraction of sp³-hybridized carbons (Fsp3) is 0.479. The van der Waals surface area contributed by atoms with E-state index in [-0.39, 0.29) is 52.5 Å². The maximum atomic E-state index is 15.1. The fourth-order valence-electron chi connectivity index (χ4n) is 8.96. The number of phenols is 1. The lowest BCUT2D eigenvalue weighted by atomic mass is 9.78. The van der Waals surface area contributed by atoms with E-state index in [2.05, 4.69) is 10.2 Å². The lowest BCUT2D eigenvalue weighted by Crippen LogP contribution is -2.50. The Balaban J connectivity index is 1.46. The Morgan fingerprint density at radius 3 is 2.09 bits per heavy atom. The van der Waals surface area contributed by atoms with E-state index in [1.807, 2.05) is 24.3 Å². The zero-order chi connectivity index (χ0) is 46.9. The summed E-state index contributed by atoms with van der Waals surface area (Å²) in [5.41, 5.74) is -0.540. The van der Waals surface area contributed by atoms with Crippen molar-refractivity contribution < 1.29 is 63.0 Å². The number of ketones is 3. The first-order chi connectivity index (χ1) is 30.3. The number of aliphatic hydroxyl groups is 2. The maximum absolute atomic E-state index is 15.1. The van der Waals surface area contributed by atoms with Crippen molar-refractivity contribution in [3.05, 3.63) is 94.1 Å². The summed E-state index contributed by atoms with van der Waals surface area (Å²) in [5, 5.41) is 37.3. The van der Waals surface area contributed by atoms with Gasteiger partial charge < -0.3 is 54.1 Å². The van der Waals surface area contributed by atoms with Gasteiger partial charge in [0.25, 0.3) is 11.7 Å². The average Bonchev–Trinajstić information content (AvgIpc) is 3.54. The van der Waals surface area contributed by atoms with Gasteiger partial charge in [0.15, 0.2) is 0 Å². The molecule has 0 spiro atoms. The largest absolute Gasteiger partial charge is 0.507 e. The maximum Gasteiger partial charge on any atom is 0.312 e. The van der Waals surface area contributed by atoms with Gasteiger partial charge in [-0.15, -0.1) is 0 Å². The first kappa shape index (κ1) is 47.5. The number of hydrogen-bond acceptors (Lipinski definition) is 15. The third kappa shape index (κ3) is 8.91. The van der Waals surface area contributed by atoms with E-state index in [0.717, 1.165) is 5.69 Å². The molecule has 16 heteroatoms. The van der Waals surface area contributed by atoms with Crippen LogP contribution in [-0.2, 0) is 23.8 Å². The van der Waals surface area contributed by atoms with Crippen LogP contribution in [-0.4, -0.2) is 120 Å². The van der Waals surface area contributed by atoms with Crippen LogP contribution in [0.5, 0.6) is 17.2 Å². The molecule has 64 heavy (non-hydrogen) atoms. The molecule has 0 saturated carbocycles. The SMILES string of the molecule is COc1ccc(N2CCN(C3=C4NC(=O)C(C)=CC=CC(C)C(O)C(C)C(O)C(C)C(OC(C)=O)C(C)C(OC)C=COC5(C)Oc6c(C)c(O)c(c(c6C5=O)C3=O)C4=O)CC2)cc1. The molecule has 2 aromatic rings. The Morgan fingerprint density at radius 2 is 1.48 bits per heavy atom. The summed E-state index contributed by atoms with van der Waals surface area (Å²) >= 11 is 0. The highest BCUT2D eigenvalue weighted by Gasteiger charge is 2.53. The number of fused-ring (bicyclic) bond motifs is 14. The van der Waals surface area contributed by atoms with Crippen molar-refractivity contribution in [1.82, 2.24) is 10.2 Å². The van der Waals surface area contributed by atoms with Crippen molar-refractivity contribution in [2.75, 3.05) is 45.3 Å². The van der Waals surface area contributed by atoms with E-state index in [0.29, 0.717) is 18.8 Å². The predicted octanol–water partition coefficient (Wildman–Crippen LogP) is 4.79. The van der Waals surface area contributed by atoms with Crippen LogP contribution >= 0.6 is 0 Å². The number of aromatic hydroxyl groups is 1. The highest BCUT2D eigenvalue weighted by molar-refractivity contribution is 6.32. The van der Waals surface area contributed by atoms with Gasteiger partial charge in [0, 0.05) is 87.6 Å². The molecule has 4 N–H and O–H groups in total. The third-order valence-electron chi connectivity index (χ3n) is 13.0. The van der Waals surface area contributed by atoms with Crippen LogP contribution in [0.15, 0.2) is 71.8 Å². The van der Waals surface area contributed by atoms with Crippen molar-refractivity contribution in [3.8, 4) is 17.2 Å². The van der Waals surface area contributed by atoms with Crippen molar-refractivity contribution in [1.29, 1.82) is 0 Å². The first-order valence-electron chi connectivity index (χ1n) is 21.4. The summed E-state index contributed by atoms with van der Waals surface area (Å²) in [6, 6.07) is 7.51. The summed E-state index contributed by atoms with van der Waals surface area (Å²) in [5.74, 6) is -8.47. The van der Waals surface area contributed by atoms with Crippen LogP contribution < -0.4 is 19.7 Å². The predicted molar refractivity (Wildman–Crippen MR) is 235 cm³/mol. The number of esters is 1. The number of anilines is 1. The van der Waals surface area contributed by atoms with Crippen molar-refractivity contribution in [3.63, 3.8) is 0 Å². The second-order valence-corrected chi connectivity index (χ2v) is 17.2. The number of allylic oxidation sites excluding steroid dienone is 4. The number of piperazine rings is 1. The molecule has 9 atom stereocenters. The van der Waals surface area contributed by atoms with Crippen molar-refractivity contribution in [2.24, 2.45) is 23.7 Å². The molecular formula is C48H59N3O13. The lowest BCUT2D eigenvalue weighted by molar-refractivity contribution is -0.160. The number of hydrogen-bond donors (Lipinski definition) is 4. The summed E-state index contributed by atoms with van der Waals surface area (Å²) in [4.78, 5) is 74.5. The molecule has 5 bridgehead atoms. The van der Waals surface area contributed by atoms with Gasteiger partial charge in [-0.05, 0) is 44.2 Å². The van der Waals surface area contributed by atoms with Gasteiger partial charge in [-0.3, -0.25) is 24.0 Å². The van der Waals surface area contributed by atoms with Crippen LogP contribution in [0.4, 0.5) is 5.69 Å². The minimum Gasteiger partial charge on any atom is -0.507 e. The van der Waals surface area contributed by atoms with Crippen LogP contribution in [0.25, 0.3) is 0 Å². The number of carbonyl (C=O) groups excluding carboxylic acids is 5. The van der Waals surface area contributed by atoms with Crippen LogP contribution in [0, 0.1) is 30.6 Å². The quantitative estimate of drug-likeness (QED) is 0.298. The number of nitrogens with zero attached hydrogens (tertiary/aromatic N) is 2. The lowest BCUT2D eigenvalue weighted by Gasteiger charge is -2.39. The fourth-order valence-corrected chi connectivity index (χ4v) is 8.96. The van der Waals surface area contributed by atoms with E-state index in [1.54, 1.807) is 51.9 Å². The van der Waals surface area contributed by atoms with Gasteiger partial charge in [-0.2, -0.15) is 0 Å².